The summed E-state index contributed by atoms with van der Waals surface area (Å²) in [7, 11) is 4.35. The molecule has 0 atom stereocenters. The summed E-state index contributed by atoms with van der Waals surface area (Å²) < 4.78 is 3.79. The fourth-order valence-electron chi connectivity index (χ4n) is 3.84. The Bertz CT molecular complexity index is 917. The lowest BCUT2D eigenvalue weighted by Crippen LogP contribution is -2.36. The van der Waals surface area contributed by atoms with Gasteiger partial charge in [-0.2, -0.15) is 10.1 Å². The van der Waals surface area contributed by atoms with E-state index in [1.165, 1.54) is 12.8 Å². The molecule has 8 nitrogen and oxygen atoms in total. The van der Waals surface area contributed by atoms with E-state index in [1.54, 1.807) is 6.20 Å². The van der Waals surface area contributed by atoms with E-state index in [0.29, 0.717) is 24.1 Å². The summed E-state index contributed by atoms with van der Waals surface area (Å²) in [6, 6.07) is 5.50. The molecule has 0 aliphatic heterocycles. The molecule has 0 aromatic carbocycles. The van der Waals surface area contributed by atoms with Crippen LogP contribution in [0.15, 0.2) is 30.7 Å². The molecule has 0 unspecified atom stereocenters. The van der Waals surface area contributed by atoms with Crippen LogP contribution in [0.25, 0.3) is 5.52 Å². The van der Waals surface area contributed by atoms with Crippen molar-refractivity contribution in [3.05, 3.63) is 30.7 Å². The van der Waals surface area contributed by atoms with Crippen LogP contribution in [0.1, 0.15) is 45.6 Å². The third kappa shape index (κ3) is 3.96. The number of nitrogens with zero attached hydrogens (tertiary/aromatic N) is 6. The lowest BCUT2D eigenvalue weighted by Gasteiger charge is -2.33. The molecule has 1 saturated carbocycles. The first-order valence-corrected chi connectivity index (χ1v) is 10.1. The van der Waals surface area contributed by atoms with Gasteiger partial charge in [-0.1, -0.05) is 0 Å². The van der Waals surface area contributed by atoms with Gasteiger partial charge < -0.3 is 15.5 Å². The first-order chi connectivity index (χ1) is 13.5. The van der Waals surface area contributed by atoms with Crippen LogP contribution in [0.4, 0.5) is 17.5 Å². The van der Waals surface area contributed by atoms with E-state index in [2.05, 4.69) is 53.7 Å². The van der Waals surface area contributed by atoms with Gasteiger partial charge in [0.05, 0.1) is 11.9 Å². The van der Waals surface area contributed by atoms with Gasteiger partial charge in [0.1, 0.15) is 5.52 Å². The minimum absolute atomic E-state index is 0.318. The Morgan fingerprint density at radius 2 is 1.96 bits per heavy atom. The molecule has 1 aliphatic rings. The van der Waals surface area contributed by atoms with Crippen LogP contribution in [0.2, 0.25) is 0 Å². The first kappa shape index (κ1) is 18.7. The fraction of sp³-hybridized carbons (Fsp3) is 0.550. The molecule has 28 heavy (non-hydrogen) atoms. The molecular weight excluding hydrogens is 352 g/mol. The minimum atomic E-state index is 0.318. The van der Waals surface area contributed by atoms with Crippen molar-refractivity contribution in [1.82, 2.24) is 29.3 Å². The quantitative estimate of drug-likeness (QED) is 0.679. The van der Waals surface area contributed by atoms with E-state index in [0.717, 1.165) is 29.9 Å². The maximum atomic E-state index is 4.77. The number of rotatable bonds is 6. The summed E-state index contributed by atoms with van der Waals surface area (Å²) in [5.41, 5.74) is 1.89. The Balaban J connectivity index is 1.52. The van der Waals surface area contributed by atoms with E-state index >= 15 is 0 Å². The summed E-state index contributed by atoms with van der Waals surface area (Å²) in [4.78, 5) is 7.11. The Morgan fingerprint density at radius 1 is 1.18 bits per heavy atom. The van der Waals surface area contributed by atoms with E-state index in [1.807, 2.05) is 33.7 Å². The van der Waals surface area contributed by atoms with Crippen molar-refractivity contribution < 1.29 is 0 Å². The Labute approximate surface area is 165 Å². The zero-order valence-corrected chi connectivity index (χ0v) is 17.1. The van der Waals surface area contributed by atoms with Crippen molar-refractivity contribution in [2.45, 2.75) is 57.7 Å². The Hall–Kier alpha value is -2.61. The van der Waals surface area contributed by atoms with Gasteiger partial charge in [0.25, 0.3) is 0 Å². The normalized spacial score (nSPS) is 20.2. The molecule has 0 bridgehead atoms. The van der Waals surface area contributed by atoms with E-state index in [-0.39, 0.29) is 0 Å². The Morgan fingerprint density at radius 3 is 2.64 bits per heavy atom. The van der Waals surface area contributed by atoms with Crippen LogP contribution >= 0.6 is 0 Å². The molecule has 3 heterocycles. The first-order valence-electron chi connectivity index (χ1n) is 10.1. The van der Waals surface area contributed by atoms with Crippen molar-refractivity contribution >= 4 is 23.0 Å². The molecule has 150 valence electrons. The molecule has 0 radical (unpaired) electrons. The summed E-state index contributed by atoms with van der Waals surface area (Å²) in [5.74, 6) is 1.45. The number of aromatic nitrogens is 5. The molecule has 0 saturated heterocycles. The highest BCUT2D eigenvalue weighted by atomic mass is 15.3. The number of anilines is 3. The maximum absolute atomic E-state index is 4.77. The largest absolute Gasteiger partial charge is 0.365 e. The van der Waals surface area contributed by atoms with Crippen molar-refractivity contribution in [2.24, 2.45) is 0 Å². The van der Waals surface area contributed by atoms with Crippen LogP contribution in [0, 0.1) is 0 Å². The van der Waals surface area contributed by atoms with Gasteiger partial charge in [-0.05, 0) is 65.8 Å². The third-order valence-electron chi connectivity index (χ3n) is 5.55. The smallest absolute Gasteiger partial charge is 0.247 e. The minimum Gasteiger partial charge on any atom is -0.365 e. The predicted molar refractivity (Wildman–Crippen MR) is 112 cm³/mol. The van der Waals surface area contributed by atoms with E-state index in [4.69, 9.17) is 4.98 Å². The standard InChI is InChI=1S/C20H30N8/c1-14(2)28-13-16(12-21-28)23-20-24-19(18-6-5-11-27(18)25-20)22-15-7-9-17(10-8-15)26(3)4/h5-6,11-15,17H,7-10H2,1-4H3,(H2,22,23,24,25). The monoisotopic (exact) mass is 382 g/mol. The number of hydrogen-bond donors (Lipinski definition) is 2. The molecule has 1 fully saturated rings. The SMILES string of the molecule is CC(C)n1cc(Nc2nc(NC3CCC(N(C)C)CC3)c3cccn3n2)cn1. The molecule has 3 aromatic heterocycles. The van der Waals surface area contributed by atoms with E-state index < -0.39 is 0 Å². The molecule has 8 heteroatoms. The van der Waals surface area contributed by atoms with Crippen molar-refractivity contribution in [3.8, 4) is 0 Å². The zero-order valence-electron chi connectivity index (χ0n) is 17.1. The zero-order chi connectivity index (χ0) is 19.7. The van der Waals surface area contributed by atoms with Crippen molar-refractivity contribution in [1.29, 1.82) is 0 Å². The number of nitrogens with one attached hydrogen (secondary N) is 2. The molecule has 0 amide bonds. The molecular formula is C20H30N8. The van der Waals surface area contributed by atoms with Crippen molar-refractivity contribution in [3.63, 3.8) is 0 Å². The van der Waals surface area contributed by atoms with Gasteiger partial charge in [-0.25, -0.2) is 4.52 Å². The predicted octanol–water partition coefficient (Wildman–Crippen LogP) is 3.54. The van der Waals surface area contributed by atoms with Crippen LogP contribution in [-0.4, -0.2) is 55.5 Å². The molecule has 2 N–H and O–H groups in total. The molecule has 4 rings (SSSR count). The highest BCUT2D eigenvalue weighted by Crippen LogP contribution is 2.26. The van der Waals surface area contributed by atoms with Crippen LogP contribution in [-0.2, 0) is 0 Å². The van der Waals surface area contributed by atoms with Gasteiger partial charge in [0, 0.05) is 30.5 Å². The summed E-state index contributed by atoms with van der Waals surface area (Å²) in [6.07, 6.45) is 10.5. The van der Waals surface area contributed by atoms with Gasteiger partial charge in [0.2, 0.25) is 5.95 Å². The lowest BCUT2D eigenvalue weighted by atomic mass is 9.90. The third-order valence-corrected chi connectivity index (χ3v) is 5.55. The fourth-order valence-corrected chi connectivity index (χ4v) is 3.84. The van der Waals surface area contributed by atoms with Gasteiger partial charge in [-0.3, -0.25) is 4.68 Å². The second-order valence-electron chi connectivity index (χ2n) is 8.16. The van der Waals surface area contributed by atoms with Crippen molar-refractivity contribution in [2.75, 3.05) is 24.7 Å². The second-order valence-corrected chi connectivity index (χ2v) is 8.16. The van der Waals surface area contributed by atoms with Crippen LogP contribution in [0.3, 0.4) is 0 Å². The summed E-state index contributed by atoms with van der Waals surface area (Å²) >= 11 is 0. The van der Waals surface area contributed by atoms with Crippen LogP contribution < -0.4 is 10.6 Å². The van der Waals surface area contributed by atoms with Gasteiger partial charge in [-0.15, -0.1) is 5.10 Å². The average molecular weight is 383 g/mol. The lowest BCUT2D eigenvalue weighted by molar-refractivity contribution is 0.221. The topological polar surface area (TPSA) is 75.3 Å². The summed E-state index contributed by atoms with van der Waals surface area (Å²) in [6.45, 7) is 4.21. The number of hydrogen-bond acceptors (Lipinski definition) is 6. The Kier molecular flexibility index (Phi) is 5.21. The maximum Gasteiger partial charge on any atom is 0.247 e. The molecule has 3 aromatic rings. The highest BCUT2D eigenvalue weighted by Gasteiger charge is 2.23. The van der Waals surface area contributed by atoms with E-state index in [9.17, 15) is 0 Å². The molecule has 0 spiro atoms. The van der Waals surface area contributed by atoms with Gasteiger partial charge >= 0.3 is 0 Å². The van der Waals surface area contributed by atoms with Gasteiger partial charge in [0.15, 0.2) is 5.82 Å². The highest BCUT2D eigenvalue weighted by molar-refractivity contribution is 5.69. The summed E-state index contributed by atoms with van der Waals surface area (Å²) in [5, 5.41) is 15.9. The second kappa shape index (κ2) is 7.79. The number of fused-ring (bicyclic) bond motifs is 1. The van der Waals surface area contributed by atoms with Crippen LogP contribution in [0.5, 0.6) is 0 Å². The average Bonchev–Trinajstić information content (AvgIpc) is 3.32. The molecule has 1 aliphatic carbocycles.